The molecule has 4 heterocycles. The van der Waals surface area contributed by atoms with Gasteiger partial charge < -0.3 is 4.98 Å². The van der Waals surface area contributed by atoms with E-state index < -0.39 is 23.5 Å². The monoisotopic (exact) mass is 494 g/mol. The number of aromatic amines is 1. The third kappa shape index (κ3) is 4.00. The van der Waals surface area contributed by atoms with Crippen LogP contribution in [0, 0.1) is 11.3 Å². The van der Waals surface area contributed by atoms with Crippen LogP contribution in [-0.2, 0) is 12.6 Å². The fourth-order valence-corrected chi connectivity index (χ4v) is 4.42. The lowest BCUT2D eigenvalue weighted by atomic mass is 9.72. The van der Waals surface area contributed by atoms with E-state index in [1.165, 1.54) is 10.7 Å². The fourth-order valence-electron chi connectivity index (χ4n) is 4.42. The van der Waals surface area contributed by atoms with Crippen LogP contribution in [0.5, 0.6) is 0 Å². The van der Waals surface area contributed by atoms with Gasteiger partial charge >= 0.3 is 6.18 Å². The maximum absolute atomic E-state index is 13.0. The first-order valence-corrected chi connectivity index (χ1v) is 11.5. The van der Waals surface area contributed by atoms with Gasteiger partial charge in [0, 0.05) is 30.4 Å². The van der Waals surface area contributed by atoms with E-state index in [1.807, 2.05) is 13.0 Å². The van der Waals surface area contributed by atoms with E-state index in [-0.39, 0.29) is 28.6 Å². The number of nitrogens with one attached hydrogen (secondary N) is 1. The second-order valence-corrected chi connectivity index (χ2v) is 8.80. The highest BCUT2D eigenvalue weighted by molar-refractivity contribution is 5.80. The molecule has 1 saturated carbocycles. The number of H-pyrrole nitrogens is 1. The molecular formula is C24H21F3N8O. The van der Waals surface area contributed by atoms with Crippen LogP contribution in [0.15, 0.2) is 35.5 Å². The molecule has 12 heteroatoms. The summed E-state index contributed by atoms with van der Waals surface area (Å²) in [6.45, 7) is 3.71. The molecule has 0 bridgehead atoms. The zero-order valence-electron chi connectivity index (χ0n) is 19.4. The van der Waals surface area contributed by atoms with Crippen molar-refractivity contribution >= 4 is 11.0 Å². The maximum Gasteiger partial charge on any atom is 0.433 e. The van der Waals surface area contributed by atoms with Crippen LogP contribution in [0.25, 0.3) is 11.0 Å². The number of halogens is 3. The van der Waals surface area contributed by atoms with Gasteiger partial charge in [-0.3, -0.25) is 9.78 Å². The number of hydrogen-bond acceptors (Lipinski definition) is 7. The molecule has 0 radical (unpaired) electrons. The van der Waals surface area contributed by atoms with Crippen LogP contribution in [0.4, 0.5) is 13.2 Å². The first kappa shape index (κ1) is 23.6. The predicted octanol–water partition coefficient (Wildman–Crippen LogP) is 4.03. The van der Waals surface area contributed by atoms with Crippen LogP contribution < -0.4 is 5.56 Å². The maximum atomic E-state index is 13.0. The molecule has 0 amide bonds. The molecule has 0 aromatic carbocycles. The van der Waals surface area contributed by atoms with Crippen molar-refractivity contribution in [3.63, 3.8) is 0 Å². The summed E-state index contributed by atoms with van der Waals surface area (Å²) in [7, 11) is 0. The van der Waals surface area contributed by atoms with Gasteiger partial charge in [0.25, 0.3) is 5.56 Å². The molecule has 1 fully saturated rings. The minimum absolute atomic E-state index is 0.0140. The molecule has 5 rings (SSSR count). The molecule has 0 saturated heterocycles. The number of nitrogens with zero attached hydrogens (tertiary/aromatic N) is 7. The third-order valence-electron chi connectivity index (χ3n) is 6.70. The summed E-state index contributed by atoms with van der Waals surface area (Å²) in [5.41, 5.74) is 0.0203. The fraction of sp³-hybridized carbons (Fsp3) is 0.375. The normalized spacial score (nSPS) is 18.6. The molecule has 184 valence electrons. The number of nitriles is 1. The number of alkyl halides is 3. The van der Waals surface area contributed by atoms with Crippen LogP contribution in [-0.4, -0.2) is 34.7 Å². The second-order valence-electron chi connectivity index (χ2n) is 8.80. The minimum atomic E-state index is -4.56. The lowest BCUT2D eigenvalue weighted by molar-refractivity contribution is -0.141. The van der Waals surface area contributed by atoms with Gasteiger partial charge in [0.1, 0.15) is 28.8 Å². The van der Waals surface area contributed by atoms with E-state index >= 15 is 0 Å². The van der Waals surface area contributed by atoms with Crippen molar-refractivity contribution in [1.29, 1.82) is 5.26 Å². The Kier molecular flexibility index (Phi) is 5.78. The van der Waals surface area contributed by atoms with Gasteiger partial charge in [-0.1, -0.05) is 13.0 Å². The Morgan fingerprint density at radius 2 is 1.89 bits per heavy atom. The van der Waals surface area contributed by atoms with Crippen LogP contribution >= 0.6 is 0 Å². The van der Waals surface area contributed by atoms with Gasteiger partial charge in [-0.25, -0.2) is 19.6 Å². The van der Waals surface area contributed by atoms with Gasteiger partial charge in [0.05, 0.1) is 6.04 Å². The minimum Gasteiger partial charge on any atom is -0.310 e. The van der Waals surface area contributed by atoms with Crippen molar-refractivity contribution in [3.05, 3.63) is 75.2 Å². The van der Waals surface area contributed by atoms with Gasteiger partial charge in [0.15, 0.2) is 11.3 Å². The molecule has 9 nitrogen and oxygen atoms in total. The standard InChI is InChI=1S/C24H21F3N8O/c1-3-13-9-30-20(31-10-13)15-5-6-16(15)21-32-22-19(23(36)33-21)17(8-28)34-35(22)12(2)14-4-7-18(29-11-14)24(25,26)27/h4,7,9-12,15-16H,3,5-6H2,1-2H3,(H,32,33,36). The van der Waals surface area contributed by atoms with Crippen LogP contribution in [0.1, 0.15) is 78.7 Å². The summed E-state index contributed by atoms with van der Waals surface area (Å²) in [6.07, 6.45) is 2.59. The molecule has 4 aromatic rings. The lowest BCUT2D eigenvalue weighted by Crippen LogP contribution is -2.28. The number of pyridine rings is 1. The largest absolute Gasteiger partial charge is 0.433 e. The van der Waals surface area contributed by atoms with Crippen molar-refractivity contribution < 1.29 is 13.2 Å². The van der Waals surface area contributed by atoms with Gasteiger partial charge in [0.2, 0.25) is 0 Å². The van der Waals surface area contributed by atoms with Gasteiger partial charge in [-0.05, 0) is 43.4 Å². The average molecular weight is 494 g/mol. The highest BCUT2D eigenvalue weighted by Crippen LogP contribution is 2.46. The summed E-state index contributed by atoms with van der Waals surface area (Å²) in [4.78, 5) is 33.0. The Morgan fingerprint density at radius 3 is 2.44 bits per heavy atom. The Hall–Kier alpha value is -4.14. The lowest BCUT2D eigenvalue weighted by Gasteiger charge is -2.34. The summed E-state index contributed by atoms with van der Waals surface area (Å²) in [5.74, 6) is 0.989. The molecular weight excluding hydrogens is 473 g/mol. The smallest absolute Gasteiger partial charge is 0.310 e. The van der Waals surface area contributed by atoms with Crippen molar-refractivity contribution in [2.24, 2.45) is 0 Å². The number of fused-ring (bicyclic) bond motifs is 1. The highest BCUT2D eigenvalue weighted by Gasteiger charge is 2.38. The van der Waals surface area contributed by atoms with E-state index in [4.69, 9.17) is 0 Å². The first-order chi connectivity index (χ1) is 17.2. The summed E-state index contributed by atoms with van der Waals surface area (Å²) < 4.78 is 40.2. The Balaban J connectivity index is 1.54. The predicted molar refractivity (Wildman–Crippen MR) is 122 cm³/mol. The van der Waals surface area contributed by atoms with Crippen LogP contribution in [0.3, 0.4) is 0 Å². The van der Waals surface area contributed by atoms with Crippen molar-refractivity contribution in [1.82, 2.24) is 34.7 Å². The third-order valence-corrected chi connectivity index (χ3v) is 6.70. The van der Waals surface area contributed by atoms with Gasteiger partial charge in [-0.2, -0.15) is 23.5 Å². The molecule has 1 N–H and O–H groups in total. The average Bonchev–Trinajstić information content (AvgIpc) is 3.22. The van der Waals surface area contributed by atoms with Crippen molar-refractivity contribution in [2.75, 3.05) is 0 Å². The van der Waals surface area contributed by atoms with Crippen LogP contribution in [0.2, 0.25) is 0 Å². The number of rotatable bonds is 5. The molecule has 1 aliphatic rings. The Labute approximate surface area is 203 Å². The topological polar surface area (TPSA) is 126 Å². The molecule has 1 aliphatic carbocycles. The first-order valence-electron chi connectivity index (χ1n) is 11.5. The zero-order valence-corrected chi connectivity index (χ0v) is 19.4. The van der Waals surface area contributed by atoms with Crippen molar-refractivity contribution in [3.8, 4) is 6.07 Å². The zero-order chi connectivity index (χ0) is 25.6. The van der Waals surface area contributed by atoms with Gasteiger partial charge in [-0.15, -0.1) is 0 Å². The molecule has 3 atom stereocenters. The second kappa shape index (κ2) is 8.82. The summed E-state index contributed by atoms with van der Waals surface area (Å²) >= 11 is 0. The Morgan fingerprint density at radius 1 is 1.17 bits per heavy atom. The molecule has 36 heavy (non-hydrogen) atoms. The quantitative estimate of drug-likeness (QED) is 0.444. The number of aryl methyl sites for hydroxylation is 1. The van der Waals surface area contributed by atoms with E-state index in [0.717, 1.165) is 37.1 Å². The number of aromatic nitrogens is 7. The Bertz CT molecular complexity index is 1520. The summed E-state index contributed by atoms with van der Waals surface area (Å²) in [5, 5.41) is 13.9. The van der Waals surface area contributed by atoms with E-state index in [2.05, 4.69) is 30.0 Å². The van der Waals surface area contributed by atoms with E-state index in [9.17, 15) is 23.2 Å². The van der Waals surface area contributed by atoms with Crippen molar-refractivity contribution in [2.45, 2.75) is 57.2 Å². The molecule has 0 aliphatic heterocycles. The van der Waals surface area contributed by atoms with E-state index in [1.54, 1.807) is 19.3 Å². The molecule has 3 unspecified atom stereocenters. The molecule has 4 aromatic heterocycles. The molecule has 0 spiro atoms. The SMILES string of the molecule is CCc1cnc(C2CCC2c2nc3c(c(C#N)nn3C(C)c3ccc(C(F)(F)F)nc3)c(=O)[nH]2)nc1. The summed E-state index contributed by atoms with van der Waals surface area (Å²) in [6, 6.07) is 3.47. The highest BCUT2D eigenvalue weighted by atomic mass is 19.4. The van der Waals surface area contributed by atoms with E-state index in [0.29, 0.717) is 17.2 Å². The number of hydrogen-bond donors (Lipinski definition) is 1.